The Kier molecular flexibility index (Phi) is 5.71. The number of rotatable bonds is 4. The van der Waals surface area contributed by atoms with Crippen LogP contribution in [-0.4, -0.2) is 34.4 Å². The molecular formula is C23H23N3O2S. The molecule has 148 valence electrons. The molecule has 5 nitrogen and oxygen atoms in total. The summed E-state index contributed by atoms with van der Waals surface area (Å²) in [5.74, 6) is -0.135. The third-order valence-corrected chi connectivity index (χ3v) is 5.90. The van der Waals surface area contributed by atoms with Crippen LogP contribution < -0.4 is 4.80 Å². The van der Waals surface area contributed by atoms with E-state index in [0.717, 1.165) is 42.6 Å². The van der Waals surface area contributed by atoms with Crippen molar-refractivity contribution in [3.63, 3.8) is 0 Å². The Morgan fingerprint density at radius 3 is 2.31 bits per heavy atom. The van der Waals surface area contributed by atoms with Crippen molar-refractivity contribution in [3.8, 4) is 0 Å². The topological polar surface area (TPSA) is 54.7 Å². The largest absolute Gasteiger partial charge is 0.339 e. The lowest BCUT2D eigenvalue weighted by Crippen LogP contribution is -2.27. The van der Waals surface area contributed by atoms with E-state index in [9.17, 15) is 9.59 Å². The number of hydrogen-bond acceptors (Lipinski definition) is 3. The molecule has 29 heavy (non-hydrogen) atoms. The average molecular weight is 406 g/mol. The summed E-state index contributed by atoms with van der Waals surface area (Å²) in [6, 6.07) is 15.1. The first kappa shape index (κ1) is 19.3. The molecular weight excluding hydrogens is 382 g/mol. The van der Waals surface area contributed by atoms with E-state index in [1.165, 1.54) is 11.3 Å². The molecule has 0 aliphatic carbocycles. The Balaban J connectivity index is 1.49. The van der Waals surface area contributed by atoms with Gasteiger partial charge in [0.25, 0.3) is 11.8 Å². The molecule has 0 atom stereocenters. The maximum atomic E-state index is 12.5. The number of hydrogen-bond donors (Lipinski definition) is 0. The Bertz CT molecular complexity index is 1070. The number of carbonyl (C=O) groups excluding carboxylic acids is 2. The quantitative estimate of drug-likeness (QED) is 0.661. The van der Waals surface area contributed by atoms with Gasteiger partial charge in [-0.15, -0.1) is 11.3 Å². The molecule has 2 aromatic carbocycles. The predicted octanol–water partition coefficient (Wildman–Crippen LogP) is 3.88. The van der Waals surface area contributed by atoms with Crippen LogP contribution in [0.1, 0.15) is 44.7 Å². The van der Waals surface area contributed by atoms with E-state index in [2.05, 4.69) is 4.99 Å². The van der Waals surface area contributed by atoms with E-state index in [1.807, 2.05) is 64.4 Å². The molecule has 6 heteroatoms. The number of aryl methyl sites for hydroxylation is 1. The van der Waals surface area contributed by atoms with E-state index < -0.39 is 0 Å². The summed E-state index contributed by atoms with van der Waals surface area (Å²) in [6.07, 6.45) is 4.10. The second kappa shape index (κ2) is 8.57. The number of likely N-dealkylation sites (tertiary alicyclic amines) is 1. The highest BCUT2D eigenvalue weighted by molar-refractivity contribution is 7.07. The Labute approximate surface area is 174 Å². The fourth-order valence-electron chi connectivity index (χ4n) is 3.41. The van der Waals surface area contributed by atoms with Crippen molar-refractivity contribution in [3.05, 3.63) is 87.2 Å². The Hall–Kier alpha value is -2.99. The molecule has 4 rings (SSSR count). The molecule has 0 saturated carbocycles. The van der Waals surface area contributed by atoms with Crippen LogP contribution in [0, 0.1) is 6.92 Å². The van der Waals surface area contributed by atoms with E-state index >= 15 is 0 Å². The average Bonchev–Trinajstić information content (AvgIpc) is 3.41. The van der Waals surface area contributed by atoms with Crippen LogP contribution in [0.25, 0.3) is 0 Å². The molecule has 2 amide bonds. The second-order valence-electron chi connectivity index (χ2n) is 7.29. The van der Waals surface area contributed by atoms with E-state index in [0.29, 0.717) is 16.9 Å². The fourth-order valence-corrected chi connectivity index (χ4v) is 4.13. The molecule has 1 aromatic heterocycles. The van der Waals surface area contributed by atoms with Gasteiger partial charge in [0.1, 0.15) is 0 Å². The third kappa shape index (κ3) is 4.54. The van der Waals surface area contributed by atoms with Crippen molar-refractivity contribution in [2.45, 2.75) is 26.3 Å². The standard InChI is InChI=1S/C23H23N3O2S/c1-17-4-8-19(9-5-17)21(27)24-23-26(14-15-29-23)16-18-6-10-20(11-7-18)22(28)25-12-2-3-13-25/h4-11,14-15H,2-3,12-13,16H2,1H3. The number of aromatic nitrogens is 1. The van der Waals surface area contributed by atoms with Gasteiger partial charge in [0.15, 0.2) is 4.80 Å². The fraction of sp³-hybridized carbons (Fsp3) is 0.261. The van der Waals surface area contributed by atoms with Crippen LogP contribution in [0.3, 0.4) is 0 Å². The zero-order chi connectivity index (χ0) is 20.2. The van der Waals surface area contributed by atoms with Gasteiger partial charge in [-0.05, 0) is 49.6 Å². The van der Waals surface area contributed by atoms with Crippen LogP contribution in [0.4, 0.5) is 0 Å². The SMILES string of the molecule is Cc1ccc(C(=O)N=c2sccn2Cc2ccc(C(=O)N3CCCC3)cc2)cc1. The van der Waals surface area contributed by atoms with Gasteiger partial charge in [-0.2, -0.15) is 4.99 Å². The highest BCUT2D eigenvalue weighted by Crippen LogP contribution is 2.14. The molecule has 0 radical (unpaired) electrons. The molecule has 2 heterocycles. The second-order valence-corrected chi connectivity index (χ2v) is 8.17. The van der Waals surface area contributed by atoms with Crippen LogP contribution in [-0.2, 0) is 6.54 Å². The molecule has 1 saturated heterocycles. The van der Waals surface area contributed by atoms with Crippen LogP contribution in [0.15, 0.2) is 65.1 Å². The summed E-state index contributed by atoms with van der Waals surface area (Å²) >= 11 is 1.43. The van der Waals surface area contributed by atoms with E-state index in [1.54, 1.807) is 12.1 Å². The minimum atomic E-state index is -0.243. The smallest absolute Gasteiger partial charge is 0.279 e. The minimum absolute atomic E-state index is 0.108. The van der Waals surface area contributed by atoms with Crippen LogP contribution >= 0.6 is 11.3 Å². The van der Waals surface area contributed by atoms with Crippen molar-refractivity contribution in [2.75, 3.05) is 13.1 Å². The summed E-state index contributed by atoms with van der Waals surface area (Å²) in [6.45, 7) is 4.29. The van der Waals surface area contributed by atoms with Crippen LogP contribution in [0.2, 0.25) is 0 Å². The molecule has 1 aliphatic rings. The van der Waals surface area contributed by atoms with Gasteiger partial charge in [0.05, 0.1) is 0 Å². The summed E-state index contributed by atoms with van der Waals surface area (Å²) < 4.78 is 1.95. The van der Waals surface area contributed by atoms with Crippen molar-refractivity contribution < 1.29 is 9.59 Å². The van der Waals surface area contributed by atoms with Crippen molar-refractivity contribution >= 4 is 23.2 Å². The van der Waals surface area contributed by atoms with Gasteiger partial charge >= 0.3 is 0 Å². The Morgan fingerprint density at radius 2 is 1.62 bits per heavy atom. The molecule has 0 bridgehead atoms. The van der Waals surface area contributed by atoms with Gasteiger partial charge in [-0.25, -0.2) is 0 Å². The Morgan fingerprint density at radius 1 is 0.966 bits per heavy atom. The lowest BCUT2D eigenvalue weighted by molar-refractivity contribution is 0.0792. The first-order valence-corrected chi connectivity index (χ1v) is 10.7. The summed E-state index contributed by atoms with van der Waals surface area (Å²) in [5, 5.41) is 1.92. The number of benzene rings is 2. The van der Waals surface area contributed by atoms with Crippen LogP contribution in [0.5, 0.6) is 0 Å². The van der Waals surface area contributed by atoms with Crippen molar-refractivity contribution in [1.29, 1.82) is 0 Å². The summed E-state index contributed by atoms with van der Waals surface area (Å²) in [7, 11) is 0. The van der Waals surface area contributed by atoms with E-state index in [-0.39, 0.29) is 11.8 Å². The lowest BCUT2D eigenvalue weighted by Gasteiger charge is -2.15. The first-order chi connectivity index (χ1) is 14.1. The number of carbonyl (C=O) groups is 2. The van der Waals surface area contributed by atoms with Crippen molar-refractivity contribution in [2.24, 2.45) is 4.99 Å². The molecule has 0 unspecified atom stereocenters. The first-order valence-electron chi connectivity index (χ1n) is 9.78. The summed E-state index contributed by atoms with van der Waals surface area (Å²) in [5.41, 5.74) is 3.48. The maximum absolute atomic E-state index is 12.5. The molecule has 3 aromatic rings. The molecule has 1 fully saturated rings. The normalized spacial score (nSPS) is 14.4. The van der Waals surface area contributed by atoms with Gasteiger partial charge < -0.3 is 9.47 Å². The van der Waals surface area contributed by atoms with Gasteiger partial charge in [0, 0.05) is 42.3 Å². The lowest BCUT2D eigenvalue weighted by atomic mass is 10.1. The van der Waals surface area contributed by atoms with Gasteiger partial charge in [-0.3, -0.25) is 9.59 Å². The summed E-state index contributed by atoms with van der Waals surface area (Å²) in [4.78, 5) is 31.8. The van der Waals surface area contributed by atoms with Crippen molar-refractivity contribution in [1.82, 2.24) is 9.47 Å². The minimum Gasteiger partial charge on any atom is -0.339 e. The van der Waals surface area contributed by atoms with E-state index in [4.69, 9.17) is 0 Å². The third-order valence-electron chi connectivity index (χ3n) is 5.10. The molecule has 0 spiro atoms. The zero-order valence-corrected chi connectivity index (χ0v) is 17.2. The van der Waals surface area contributed by atoms with Gasteiger partial charge in [-0.1, -0.05) is 29.8 Å². The maximum Gasteiger partial charge on any atom is 0.279 e. The highest BCUT2D eigenvalue weighted by Gasteiger charge is 2.19. The molecule has 0 N–H and O–H groups in total. The number of nitrogens with zero attached hydrogens (tertiary/aromatic N) is 3. The van der Waals surface area contributed by atoms with Gasteiger partial charge in [0.2, 0.25) is 0 Å². The monoisotopic (exact) mass is 405 g/mol. The predicted molar refractivity (Wildman–Crippen MR) is 114 cm³/mol. The zero-order valence-electron chi connectivity index (χ0n) is 16.4. The number of thiazole rings is 1. The number of amides is 2. The highest BCUT2D eigenvalue weighted by atomic mass is 32.1. The molecule has 1 aliphatic heterocycles.